The van der Waals surface area contributed by atoms with E-state index in [1.165, 1.54) is 25.3 Å². The van der Waals surface area contributed by atoms with E-state index >= 15 is 0 Å². The van der Waals surface area contributed by atoms with Crippen molar-refractivity contribution in [3.05, 3.63) is 29.5 Å². The van der Waals surface area contributed by atoms with Crippen LogP contribution in [0.2, 0.25) is 0 Å². The molecule has 0 radical (unpaired) electrons. The molecule has 0 saturated carbocycles. The summed E-state index contributed by atoms with van der Waals surface area (Å²) in [6, 6.07) is 4.26. The second-order valence-corrected chi connectivity index (χ2v) is 6.01. The minimum absolute atomic E-state index is 0.0589. The molecule has 0 spiro atoms. The molecule has 0 unspecified atom stereocenters. The summed E-state index contributed by atoms with van der Waals surface area (Å²) in [6.07, 6.45) is 0. The van der Waals surface area contributed by atoms with E-state index in [4.69, 9.17) is 10.5 Å². The number of methoxy groups -OCH3 is 1. The molecule has 1 aromatic heterocycles. The first kappa shape index (κ1) is 14.2. The van der Waals surface area contributed by atoms with Crippen LogP contribution in [0.1, 0.15) is 11.3 Å². The van der Waals surface area contributed by atoms with Crippen LogP contribution in [0.15, 0.2) is 23.1 Å². The van der Waals surface area contributed by atoms with Gasteiger partial charge in [-0.3, -0.25) is 9.82 Å². The summed E-state index contributed by atoms with van der Waals surface area (Å²) in [6.45, 7) is 3.59. The zero-order valence-corrected chi connectivity index (χ0v) is 12.2. The van der Waals surface area contributed by atoms with Gasteiger partial charge in [-0.2, -0.15) is 5.10 Å². The molecule has 4 N–H and O–H groups in total. The van der Waals surface area contributed by atoms with E-state index in [2.05, 4.69) is 14.9 Å². The van der Waals surface area contributed by atoms with Crippen LogP contribution in [0.4, 0.5) is 11.5 Å². The summed E-state index contributed by atoms with van der Waals surface area (Å²) < 4.78 is 32.0. The monoisotopic (exact) mass is 296 g/mol. The normalized spacial score (nSPS) is 11.3. The third-order valence-electron chi connectivity index (χ3n) is 3.00. The van der Waals surface area contributed by atoms with E-state index in [-0.39, 0.29) is 10.7 Å². The number of nitrogens with one attached hydrogen (secondary N) is 2. The minimum Gasteiger partial charge on any atom is -0.495 e. The molecule has 20 heavy (non-hydrogen) atoms. The highest BCUT2D eigenvalue weighted by Crippen LogP contribution is 2.26. The third kappa shape index (κ3) is 2.55. The number of rotatable bonds is 4. The number of hydrogen-bond donors (Lipinski definition) is 3. The van der Waals surface area contributed by atoms with E-state index in [1.54, 1.807) is 6.92 Å². The van der Waals surface area contributed by atoms with Gasteiger partial charge in [-0.1, -0.05) is 0 Å². The van der Waals surface area contributed by atoms with E-state index in [0.29, 0.717) is 11.4 Å². The fraction of sp³-hybridized carbons (Fsp3) is 0.250. The molecule has 0 amide bonds. The number of sulfonamides is 1. The molecule has 0 aliphatic heterocycles. The molecule has 1 aromatic carbocycles. The molecule has 7 nitrogen and oxygen atoms in total. The third-order valence-corrected chi connectivity index (χ3v) is 4.34. The highest BCUT2D eigenvalue weighted by Gasteiger charge is 2.19. The van der Waals surface area contributed by atoms with Gasteiger partial charge in [0.05, 0.1) is 17.7 Å². The summed E-state index contributed by atoms with van der Waals surface area (Å²) >= 11 is 0. The van der Waals surface area contributed by atoms with Crippen molar-refractivity contribution in [2.45, 2.75) is 18.7 Å². The summed E-state index contributed by atoms with van der Waals surface area (Å²) in [5.41, 5.74) is 7.59. The largest absolute Gasteiger partial charge is 0.495 e. The van der Waals surface area contributed by atoms with Gasteiger partial charge in [0.1, 0.15) is 5.75 Å². The van der Waals surface area contributed by atoms with Gasteiger partial charge in [-0.05, 0) is 26.0 Å². The van der Waals surface area contributed by atoms with E-state index in [0.717, 1.165) is 11.3 Å². The van der Waals surface area contributed by atoms with Crippen LogP contribution in [0.5, 0.6) is 5.75 Å². The van der Waals surface area contributed by atoms with Gasteiger partial charge < -0.3 is 10.5 Å². The number of nitrogens with two attached hydrogens (primary N) is 1. The Hall–Kier alpha value is -2.22. The number of hydrogen-bond acceptors (Lipinski definition) is 5. The topological polar surface area (TPSA) is 110 Å². The van der Waals surface area contributed by atoms with Crippen LogP contribution >= 0.6 is 0 Å². The number of anilines is 2. The number of benzene rings is 1. The molecule has 0 bridgehead atoms. The number of nitrogen functional groups attached to an aromatic ring is 1. The lowest BCUT2D eigenvalue weighted by Crippen LogP contribution is -2.14. The van der Waals surface area contributed by atoms with Crippen molar-refractivity contribution in [2.75, 3.05) is 17.6 Å². The highest BCUT2D eigenvalue weighted by atomic mass is 32.2. The van der Waals surface area contributed by atoms with E-state index in [1.807, 2.05) is 6.92 Å². The van der Waals surface area contributed by atoms with Crippen LogP contribution in [0.25, 0.3) is 0 Å². The zero-order valence-electron chi connectivity index (χ0n) is 11.4. The van der Waals surface area contributed by atoms with Gasteiger partial charge in [0, 0.05) is 17.3 Å². The molecule has 2 rings (SSSR count). The molecule has 0 aliphatic carbocycles. The molecule has 0 atom stereocenters. The lowest BCUT2D eigenvalue weighted by atomic mass is 10.3. The minimum atomic E-state index is -3.74. The second-order valence-electron chi connectivity index (χ2n) is 4.33. The van der Waals surface area contributed by atoms with Crippen molar-refractivity contribution in [2.24, 2.45) is 0 Å². The average molecular weight is 296 g/mol. The molecular formula is C12H16N4O3S. The Kier molecular flexibility index (Phi) is 3.58. The molecule has 0 aliphatic rings. The Bertz CT molecular complexity index is 737. The van der Waals surface area contributed by atoms with Gasteiger partial charge in [0.25, 0.3) is 10.0 Å². The van der Waals surface area contributed by atoms with Gasteiger partial charge in [-0.25, -0.2) is 8.42 Å². The van der Waals surface area contributed by atoms with Gasteiger partial charge in [0.15, 0.2) is 5.82 Å². The van der Waals surface area contributed by atoms with Gasteiger partial charge in [-0.15, -0.1) is 0 Å². The van der Waals surface area contributed by atoms with E-state index in [9.17, 15) is 8.42 Å². The van der Waals surface area contributed by atoms with Crippen molar-refractivity contribution in [3.63, 3.8) is 0 Å². The number of aromatic amines is 1. The number of H-pyrrole nitrogens is 1. The van der Waals surface area contributed by atoms with Crippen molar-refractivity contribution in [1.82, 2.24) is 10.2 Å². The standard InChI is InChI=1S/C12H16N4O3S/c1-7-8(2)14-15-12(7)16-20(17,18)9-4-5-10(13)11(6-9)19-3/h4-6H,13H2,1-3H3,(H2,14,15,16). The van der Waals surface area contributed by atoms with Gasteiger partial charge in [0.2, 0.25) is 0 Å². The maximum Gasteiger partial charge on any atom is 0.263 e. The molecule has 8 heteroatoms. The summed E-state index contributed by atoms with van der Waals surface area (Å²) in [5.74, 6) is 0.584. The molecule has 0 saturated heterocycles. The predicted octanol–water partition coefficient (Wildman–Crippen LogP) is 1.42. The number of aromatic nitrogens is 2. The second kappa shape index (κ2) is 5.04. The Morgan fingerprint density at radius 3 is 2.60 bits per heavy atom. The molecule has 108 valence electrons. The lowest BCUT2D eigenvalue weighted by Gasteiger charge is -2.09. The summed E-state index contributed by atoms with van der Waals surface area (Å²) in [7, 11) is -2.31. The number of ether oxygens (including phenoxy) is 1. The molecule has 2 aromatic rings. The fourth-order valence-corrected chi connectivity index (χ4v) is 2.71. The van der Waals surface area contributed by atoms with Crippen LogP contribution in [-0.4, -0.2) is 25.7 Å². The Morgan fingerprint density at radius 2 is 2.05 bits per heavy atom. The predicted molar refractivity (Wildman–Crippen MR) is 76.3 cm³/mol. The Balaban J connectivity index is 2.38. The van der Waals surface area contributed by atoms with Gasteiger partial charge >= 0.3 is 0 Å². The first-order valence-corrected chi connectivity index (χ1v) is 7.31. The summed E-state index contributed by atoms with van der Waals surface area (Å²) in [5, 5.41) is 6.64. The first-order valence-electron chi connectivity index (χ1n) is 5.83. The van der Waals surface area contributed by atoms with Crippen LogP contribution in [0, 0.1) is 13.8 Å². The SMILES string of the molecule is COc1cc(S(=O)(=O)Nc2n[nH]c(C)c2C)ccc1N. The Morgan fingerprint density at radius 1 is 1.35 bits per heavy atom. The Labute approximate surface area is 117 Å². The zero-order chi connectivity index (χ0) is 14.9. The number of nitrogens with zero attached hydrogens (tertiary/aromatic N) is 1. The summed E-state index contributed by atoms with van der Waals surface area (Å²) in [4.78, 5) is 0.0589. The molecule has 1 heterocycles. The quantitative estimate of drug-likeness (QED) is 0.739. The lowest BCUT2D eigenvalue weighted by molar-refractivity contribution is 0.415. The highest BCUT2D eigenvalue weighted by molar-refractivity contribution is 7.92. The van der Waals surface area contributed by atoms with Crippen LogP contribution < -0.4 is 15.2 Å². The smallest absolute Gasteiger partial charge is 0.263 e. The maximum atomic E-state index is 12.3. The van der Waals surface area contributed by atoms with Crippen molar-refractivity contribution in [1.29, 1.82) is 0 Å². The molecule has 0 fully saturated rings. The van der Waals surface area contributed by atoms with Crippen LogP contribution in [0.3, 0.4) is 0 Å². The molecular weight excluding hydrogens is 280 g/mol. The van der Waals surface area contributed by atoms with Crippen molar-refractivity contribution >= 4 is 21.5 Å². The first-order chi connectivity index (χ1) is 9.35. The maximum absolute atomic E-state index is 12.3. The number of aryl methyl sites for hydroxylation is 1. The van der Waals surface area contributed by atoms with Crippen molar-refractivity contribution in [3.8, 4) is 5.75 Å². The van der Waals surface area contributed by atoms with Crippen LogP contribution in [-0.2, 0) is 10.0 Å². The fourth-order valence-electron chi connectivity index (χ4n) is 1.63. The average Bonchev–Trinajstić information content (AvgIpc) is 2.70. The van der Waals surface area contributed by atoms with Crippen molar-refractivity contribution < 1.29 is 13.2 Å². The van der Waals surface area contributed by atoms with E-state index < -0.39 is 10.0 Å².